The number of anilines is 2. The highest BCUT2D eigenvalue weighted by molar-refractivity contribution is 5.72. The van der Waals surface area contributed by atoms with Crippen LogP contribution in [0, 0.1) is 16.7 Å². The summed E-state index contributed by atoms with van der Waals surface area (Å²) in [4.78, 5) is 0. The Bertz CT molecular complexity index is 495. The lowest BCUT2D eigenvalue weighted by molar-refractivity contribution is 0.355. The van der Waals surface area contributed by atoms with Crippen molar-refractivity contribution < 1.29 is 9.47 Å². The van der Waals surface area contributed by atoms with Crippen LogP contribution in [0.5, 0.6) is 11.5 Å². The fourth-order valence-corrected chi connectivity index (χ4v) is 3.10. The molecule has 0 amide bonds. The number of nitrogens with one attached hydrogen (secondary N) is 1. The maximum Gasteiger partial charge on any atom is 0.162 e. The lowest BCUT2D eigenvalue weighted by atomic mass is 10.0. The molecular formula is C16H26N2O2. The first-order chi connectivity index (χ1) is 9.25. The Morgan fingerprint density at radius 3 is 2.00 bits per heavy atom. The summed E-state index contributed by atoms with van der Waals surface area (Å²) in [6, 6.07) is 3.70. The number of hydrogen-bond acceptors (Lipinski definition) is 4. The van der Waals surface area contributed by atoms with Crippen LogP contribution >= 0.6 is 0 Å². The zero-order chi connectivity index (χ0) is 15.1. The normalized spacial score (nSPS) is 19.5. The lowest BCUT2D eigenvalue weighted by Crippen LogP contribution is -2.10. The Kier molecular flexibility index (Phi) is 3.53. The van der Waals surface area contributed by atoms with Gasteiger partial charge in [-0.25, -0.2) is 0 Å². The third kappa shape index (κ3) is 2.17. The molecule has 112 valence electrons. The Labute approximate surface area is 121 Å². The summed E-state index contributed by atoms with van der Waals surface area (Å²) in [5, 5.41) is 3.45. The summed E-state index contributed by atoms with van der Waals surface area (Å²) in [6.45, 7) is 10.2. The molecule has 2 rings (SSSR count). The largest absolute Gasteiger partial charge is 0.493 e. The van der Waals surface area contributed by atoms with Gasteiger partial charge in [0.15, 0.2) is 11.5 Å². The van der Waals surface area contributed by atoms with Crippen molar-refractivity contribution in [3.8, 4) is 11.5 Å². The molecule has 20 heavy (non-hydrogen) atoms. The van der Waals surface area contributed by atoms with Gasteiger partial charge < -0.3 is 20.5 Å². The van der Waals surface area contributed by atoms with Gasteiger partial charge >= 0.3 is 0 Å². The fraction of sp³-hybridized carbons (Fsp3) is 0.625. The predicted octanol–water partition coefficient (Wildman–Crippen LogP) is 3.38. The molecule has 0 aliphatic heterocycles. The molecule has 0 saturated heterocycles. The van der Waals surface area contributed by atoms with Crippen LogP contribution < -0.4 is 20.5 Å². The van der Waals surface area contributed by atoms with Gasteiger partial charge in [0.2, 0.25) is 0 Å². The molecule has 0 unspecified atom stereocenters. The molecule has 4 nitrogen and oxygen atoms in total. The highest BCUT2D eigenvalue weighted by Gasteiger charge is 2.64. The SMILES string of the molecule is COc1cc(N)c(NCC2C(C)(C)C2(C)C)cc1OC. The van der Waals surface area contributed by atoms with E-state index in [1.54, 1.807) is 20.3 Å². The van der Waals surface area contributed by atoms with Gasteiger partial charge in [0.25, 0.3) is 0 Å². The number of rotatable bonds is 5. The van der Waals surface area contributed by atoms with Gasteiger partial charge in [0, 0.05) is 18.7 Å². The van der Waals surface area contributed by atoms with Crippen LogP contribution in [0.4, 0.5) is 11.4 Å². The average Bonchev–Trinajstić information content (AvgIpc) is 2.78. The van der Waals surface area contributed by atoms with E-state index in [1.807, 2.05) is 6.07 Å². The number of hydrogen-bond donors (Lipinski definition) is 2. The smallest absolute Gasteiger partial charge is 0.162 e. The first kappa shape index (κ1) is 14.8. The number of nitrogen functional groups attached to an aromatic ring is 1. The summed E-state index contributed by atoms with van der Waals surface area (Å²) in [5.41, 5.74) is 8.38. The molecule has 1 aromatic rings. The molecule has 0 heterocycles. The van der Waals surface area contributed by atoms with E-state index in [-0.39, 0.29) is 0 Å². The van der Waals surface area contributed by atoms with Gasteiger partial charge in [-0.15, -0.1) is 0 Å². The summed E-state index contributed by atoms with van der Waals surface area (Å²) in [6.07, 6.45) is 0. The molecule has 1 aromatic carbocycles. The van der Waals surface area contributed by atoms with Gasteiger partial charge in [-0.1, -0.05) is 27.7 Å². The van der Waals surface area contributed by atoms with Gasteiger partial charge in [0.05, 0.1) is 25.6 Å². The van der Waals surface area contributed by atoms with Crippen LogP contribution in [-0.2, 0) is 0 Å². The Hall–Kier alpha value is -1.58. The van der Waals surface area contributed by atoms with Crippen molar-refractivity contribution in [2.75, 3.05) is 31.8 Å². The maximum absolute atomic E-state index is 6.06. The minimum absolute atomic E-state index is 0.366. The molecule has 0 aromatic heterocycles. The number of nitrogens with two attached hydrogens (primary N) is 1. The zero-order valence-electron chi connectivity index (χ0n) is 13.3. The van der Waals surface area contributed by atoms with Crippen molar-refractivity contribution in [3.63, 3.8) is 0 Å². The van der Waals surface area contributed by atoms with E-state index in [9.17, 15) is 0 Å². The fourth-order valence-electron chi connectivity index (χ4n) is 3.10. The molecule has 1 aliphatic carbocycles. The number of benzene rings is 1. The maximum atomic E-state index is 6.06. The molecule has 0 radical (unpaired) electrons. The number of methoxy groups -OCH3 is 2. The third-order valence-electron chi connectivity index (χ3n) is 5.37. The highest BCUT2D eigenvalue weighted by Crippen LogP contribution is 2.68. The van der Waals surface area contributed by atoms with Crippen LogP contribution in [0.15, 0.2) is 12.1 Å². The second kappa shape index (κ2) is 4.76. The Morgan fingerprint density at radius 2 is 1.55 bits per heavy atom. The second-order valence-corrected chi connectivity index (χ2v) is 6.67. The quantitative estimate of drug-likeness (QED) is 0.811. The summed E-state index contributed by atoms with van der Waals surface area (Å²) >= 11 is 0. The number of ether oxygens (including phenoxy) is 2. The van der Waals surface area contributed by atoms with Gasteiger partial charge in [-0.05, 0) is 16.7 Å². The molecule has 0 spiro atoms. The van der Waals surface area contributed by atoms with Gasteiger partial charge in [-0.3, -0.25) is 0 Å². The van der Waals surface area contributed by atoms with Crippen LogP contribution in [-0.4, -0.2) is 20.8 Å². The highest BCUT2D eigenvalue weighted by atomic mass is 16.5. The first-order valence-corrected chi connectivity index (χ1v) is 7.01. The van der Waals surface area contributed by atoms with Crippen LogP contribution in [0.25, 0.3) is 0 Å². The van der Waals surface area contributed by atoms with Crippen molar-refractivity contribution in [1.82, 2.24) is 0 Å². The van der Waals surface area contributed by atoms with E-state index in [0.29, 0.717) is 33.9 Å². The van der Waals surface area contributed by atoms with Crippen molar-refractivity contribution >= 4 is 11.4 Å². The minimum atomic E-state index is 0.366. The molecule has 0 bridgehead atoms. The molecule has 4 heteroatoms. The van der Waals surface area contributed by atoms with Crippen LogP contribution in [0.3, 0.4) is 0 Å². The topological polar surface area (TPSA) is 56.5 Å². The van der Waals surface area contributed by atoms with Crippen LogP contribution in [0.2, 0.25) is 0 Å². The first-order valence-electron chi connectivity index (χ1n) is 7.01. The van der Waals surface area contributed by atoms with E-state index in [0.717, 1.165) is 12.2 Å². The third-order valence-corrected chi connectivity index (χ3v) is 5.37. The van der Waals surface area contributed by atoms with Crippen molar-refractivity contribution in [2.45, 2.75) is 27.7 Å². The molecule has 1 fully saturated rings. The monoisotopic (exact) mass is 278 g/mol. The van der Waals surface area contributed by atoms with E-state index in [4.69, 9.17) is 15.2 Å². The van der Waals surface area contributed by atoms with Crippen molar-refractivity contribution in [2.24, 2.45) is 16.7 Å². The van der Waals surface area contributed by atoms with Gasteiger partial charge in [-0.2, -0.15) is 0 Å². The average molecular weight is 278 g/mol. The Balaban J connectivity index is 2.11. The van der Waals surface area contributed by atoms with E-state index in [1.165, 1.54) is 0 Å². The summed E-state index contributed by atoms with van der Waals surface area (Å²) in [5.74, 6) is 1.99. The molecule has 3 N–H and O–H groups in total. The molecule has 0 atom stereocenters. The van der Waals surface area contributed by atoms with Crippen LogP contribution in [0.1, 0.15) is 27.7 Å². The lowest BCUT2D eigenvalue weighted by Gasteiger charge is -2.14. The van der Waals surface area contributed by atoms with Crippen molar-refractivity contribution in [1.29, 1.82) is 0 Å². The standard InChI is InChI=1S/C16H26N2O2/c1-15(2)14(16(15,3)4)9-18-11-8-13(20-6)12(19-5)7-10(11)17/h7-8,14,18H,9,17H2,1-6H3. The molecule has 1 aliphatic rings. The summed E-state index contributed by atoms with van der Waals surface area (Å²) < 4.78 is 10.6. The Morgan fingerprint density at radius 1 is 1.05 bits per heavy atom. The second-order valence-electron chi connectivity index (χ2n) is 6.67. The van der Waals surface area contributed by atoms with Gasteiger partial charge in [0.1, 0.15) is 0 Å². The van der Waals surface area contributed by atoms with E-state index in [2.05, 4.69) is 33.0 Å². The van der Waals surface area contributed by atoms with Crippen molar-refractivity contribution in [3.05, 3.63) is 12.1 Å². The predicted molar refractivity (Wildman–Crippen MR) is 83.5 cm³/mol. The minimum Gasteiger partial charge on any atom is -0.493 e. The molecule has 1 saturated carbocycles. The summed E-state index contributed by atoms with van der Waals surface area (Å²) in [7, 11) is 3.24. The van der Waals surface area contributed by atoms with E-state index >= 15 is 0 Å². The zero-order valence-corrected chi connectivity index (χ0v) is 13.3. The molecular weight excluding hydrogens is 252 g/mol. The van der Waals surface area contributed by atoms with E-state index < -0.39 is 0 Å².